The van der Waals surface area contributed by atoms with Gasteiger partial charge in [0, 0.05) is 14.9 Å². The SMILES string of the molecule is Cc1ccc(C)c2c1SCS2. The predicted octanol–water partition coefficient (Wildman–Crippen LogP) is 3.46. The molecule has 58 valence electrons. The molecule has 1 aromatic rings. The number of rotatable bonds is 0. The lowest BCUT2D eigenvalue weighted by atomic mass is 10.2. The van der Waals surface area contributed by atoms with Crippen LogP contribution in [0.1, 0.15) is 11.1 Å². The van der Waals surface area contributed by atoms with E-state index >= 15 is 0 Å². The molecule has 0 aromatic heterocycles. The number of benzene rings is 1. The first kappa shape index (κ1) is 7.56. The second kappa shape index (κ2) is 2.76. The topological polar surface area (TPSA) is 0 Å². The van der Waals surface area contributed by atoms with Crippen molar-refractivity contribution < 1.29 is 0 Å². The lowest BCUT2D eigenvalue weighted by Gasteiger charge is -2.03. The molecule has 0 unspecified atom stereocenters. The Morgan fingerprint density at radius 1 is 1.00 bits per heavy atom. The standard InChI is InChI=1S/C9H10S2/c1-6-3-4-7(2)9-8(6)10-5-11-9/h3-4H,5H2,1-2H3. The lowest BCUT2D eigenvalue weighted by molar-refractivity contribution is 1.13. The average Bonchev–Trinajstić information content (AvgIpc) is 2.45. The molecular weight excluding hydrogens is 172 g/mol. The Balaban J connectivity index is 2.64. The summed E-state index contributed by atoms with van der Waals surface area (Å²) in [5.41, 5.74) is 2.86. The van der Waals surface area contributed by atoms with Crippen molar-refractivity contribution in [1.29, 1.82) is 0 Å². The Labute approximate surface area is 75.8 Å². The molecule has 0 spiro atoms. The van der Waals surface area contributed by atoms with E-state index in [1.54, 1.807) is 0 Å². The Hall–Kier alpha value is -0.0800. The Morgan fingerprint density at radius 2 is 1.45 bits per heavy atom. The number of aryl methyl sites for hydroxylation is 2. The molecule has 2 heteroatoms. The van der Waals surface area contributed by atoms with Crippen LogP contribution in [0.25, 0.3) is 0 Å². The Morgan fingerprint density at radius 3 is 1.91 bits per heavy atom. The summed E-state index contributed by atoms with van der Waals surface area (Å²) in [6.07, 6.45) is 0. The third-order valence-electron chi connectivity index (χ3n) is 1.91. The second-order valence-corrected chi connectivity index (χ2v) is 5.10. The van der Waals surface area contributed by atoms with Gasteiger partial charge >= 0.3 is 0 Å². The van der Waals surface area contributed by atoms with E-state index in [0.29, 0.717) is 0 Å². The van der Waals surface area contributed by atoms with Crippen LogP contribution < -0.4 is 0 Å². The smallest absolute Gasteiger partial charge is 0.0487 e. The fourth-order valence-electron chi connectivity index (χ4n) is 1.27. The van der Waals surface area contributed by atoms with Crippen LogP contribution in [0, 0.1) is 13.8 Å². The maximum atomic E-state index is 2.22. The van der Waals surface area contributed by atoms with Crippen LogP contribution >= 0.6 is 23.5 Å². The van der Waals surface area contributed by atoms with Crippen molar-refractivity contribution in [1.82, 2.24) is 0 Å². The van der Waals surface area contributed by atoms with Crippen molar-refractivity contribution >= 4 is 23.5 Å². The molecule has 11 heavy (non-hydrogen) atoms. The van der Waals surface area contributed by atoms with Gasteiger partial charge in [0.1, 0.15) is 0 Å². The summed E-state index contributed by atoms with van der Waals surface area (Å²) in [7, 11) is 0. The van der Waals surface area contributed by atoms with Crippen LogP contribution in [0.2, 0.25) is 0 Å². The number of hydrogen-bond acceptors (Lipinski definition) is 2. The molecule has 1 heterocycles. The predicted molar refractivity (Wildman–Crippen MR) is 52.5 cm³/mol. The van der Waals surface area contributed by atoms with Crippen molar-refractivity contribution in [3.8, 4) is 0 Å². The van der Waals surface area contributed by atoms with Gasteiger partial charge in [0.25, 0.3) is 0 Å². The fraction of sp³-hybridized carbons (Fsp3) is 0.333. The zero-order chi connectivity index (χ0) is 7.84. The van der Waals surface area contributed by atoms with Crippen LogP contribution in [-0.2, 0) is 0 Å². The lowest BCUT2D eigenvalue weighted by Crippen LogP contribution is -1.82. The monoisotopic (exact) mass is 182 g/mol. The van der Waals surface area contributed by atoms with Gasteiger partial charge < -0.3 is 0 Å². The summed E-state index contributed by atoms with van der Waals surface area (Å²) in [6, 6.07) is 4.43. The highest BCUT2D eigenvalue weighted by Crippen LogP contribution is 2.45. The highest BCUT2D eigenvalue weighted by molar-refractivity contribution is 8.18. The minimum atomic E-state index is 1.20. The minimum Gasteiger partial charge on any atom is -0.113 e. The van der Waals surface area contributed by atoms with Gasteiger partial charge in [0.05, 0.1) is 0 Å². The molecule has 0 aliphatic carbocycles. The van der Waals surface area contributed by atoms with Crippen molar-refractivity contribution in [3.63, 3.8) is 0 Å². The molecule has 0 radical (unpaired) electrons. The summed E-state index contributed by atoms with van der Waals surface area (Å²) >= 11 is 3.94. The Bertz CT molecular complexity index is 263. The third kappa shape index (κ3) is 1.18. The first-order valence-corrected chi connectivity index (χ1v) is 5.62. The number of thioether (sulfide) groups is 2. The molecule has 2 rings (SSSR count). The minimum absolute atomic E-state index is 1.20. The average molecular weight is 182 g/mol. The van der Waals surface area contributed by atoms with E-state index in [0.717, 1.165) is 0 Å². The van der Waals surface area contributed by atoms with E-state index in [2.05, 4.69) is 26.0 Å². The molecule has 1 aromatic carbocycles. The Kier molecular flexibility index (Phi) is 1.90. The van der Waals surface area contributed by atoms with E-state index in [1.165, 1.54) is 26.0 Å². The zero-order valence-corrected chi connectivity index (χ0v) is 8.31. The summed E-state index contributed by atoms with van der Waals surface area (Å²) in [5, 5.41) is 1.20. The molecule has 0 amide bonds. The molecule has 0 saturated heterocycles. The molecule has 0 atom stereocenters. The first-order valence-electron chi connectivity index (χ1n) is 3.65. The van der Waals surface area contributed by atoms with Gasteiger partial charge in [-0.1, -0.05) is 12.1 Å². The summed E-state index contributed by atoms with van der Waals surface area (Å²) in [6.45, 7) is 4.38. The van der Waals surface area contributed by atoms with Gasteiger partial charge in [-0.2, -0.15) is 0 Å². The summed E-state index contributed by atoms with van der Waals surface area (Å²) in [5.74, 6) is 0. The summed E-state index contributed by atoms with van der Waals surface area (Å²) < 4.78 is 0. The van der Waals surface area contributed by atoms with Crippen LogP contribution in [0.5, 0.6) is 0 Å². The molecule has 0 nitrogen and oxygen atoms in total. The molecule has 1 aliphatic heterocycles. The normalized spacial score (nSPS) is 15.1. The van der Waals surface area contributed by atoms with Gasteiger partial charge in [0.2, 0.25) is 0 Å². The van der Waals surface area contributed by atoms with Gasteiger partial charge in [0.15, 0.2) is 0 Å². The van der Waals surface area contributed by atoms with Crippen molar-refractivity contribution in [2.75, 3.05) is 5.08 Å². The fourth-order valence-corrected chi connectivity index (χ4v) is 3.97. The van der Waals surface area contributed by atoms with Crippen LogP contribution in [0.4, 0.5) is 0 Å². The largest absolute Gasteiger partial charge is 0.113 e. The number of hydrogen-bond donors (Lipinski definition) is 0. The second-order valence-electron chi connectivity index (χ2n) is 2.76. The number of fused-ring (bicyclic) bond motifs is 1. The zero-order valence-electron chi connectivity index (χ0n) is 6.68. The van der Waals surface area contributed by atoms with Crippen LogP contribution in [-0.4, -0.2) is 5.08 Å². The third-order valence-corrected chi connectivity index (χ3v) is 4.61. The molecular formula is C9H10S2. The van der Waals surface area contributed by atoms with E-state index in [1.807, 2.05) is 23.5 Å². The molecule has 0 fully saturated rings. The van der Waals surface area contributed by atoms with Crippen molar-refractivity contribution in [3.05, 3.63) is 23.3 Å². The van der Waals surface area contributed by atoms with Gasteiger partial charge in [-0.3, -0.25) is 0 Å². The van der Waals surface area contributed by atoms with Gasteiger partial charge in [-0.15, -0.1) is 23.5 Å². The maximum absolute atomic E-state index is 2.22. The van der Waals surface area contributed by atoms with Crippen molar-refractivity contribution in [2.24, 2.45) is 0 Å². The summed E-state index contributed by atoms with van der Waals surface area (Å²) in [4.78, 5) is 3.02. The highest BCUT2D eigenvalue weighted by atomic mass is 32.2. The van der Waals surface area contributed by atoms with Gasteiger partial charge in [-0.25, -0.2) is 0 Å². The van der Waals surface area contributed by atoms with Crippen LogP contribution in [0.3, 0.4) is 0 Å². The molecule has 0 bridgehead atoms. The molecule has 1 aliphatic rings. The maximum Gasteiger partial charge on any atom is 0.0487 e. The van der Waals surface area contributed by atoms with Crippen molar-refractivity contribution in [2.45, 2.75) is 23.6 Å². The van der Waals surface area contributed by atoms with E-state index in [4.69, 9.17) is 0 Å². The van der Waals surface area contributed by atoms with E-state index in [-0.39, 0.29) is 0 Å². The van der Waals surface area contributed by atoms with Gasteiger partial charge in [-0.05, 0) is 25.0 Å². The van der Waals surface area contributed by atoms with E-state index in [9.17, 15) is 0 Å². The first-order chi connectivity index (χ1) is 5.29. The van der Waals surface area contributed by atoms with Crippen LogP contribution in [0.15, 0.2) is 21.9 Å². The quantitative estimate of drug-likeness (QED) is 0.602. The van der Waals surface area contributed by atoms with E-state index < -0.39 is 0 Å². The molecule has 0 saturated carbocycles. The highest BCUT2D eigenvalue weighted by Gasteiger charge is 2.15. The molecule has 0 N–H and O–H groups in total.